The third kappa shape index (κ3) is 4.37. The largest absolute Gasteiger partial charge is 0.508 e. The van der Waals surface area contributed by atoms with Gasteiger partial charge >= 0.3 is 5.69 Å². The van der Waals surface area contributed by atoms with Crippen molar-refractivity contribution in [1.82, 2.24) is 9.55 Å². The van der Waals surface area contributed by atoms with Crippen molar-refractivity contribution in [3.63, 3.8) is 0 Å². The van der Waals surface area contributed by atoms with Gasteiger partial charge in [-0.25, -0.2) is 4.79 Å². The number of nitrogens with one attached hydrogen (secondary N) is 2. The fourth-order valence-electron chi connectivity index (χ4n) is 3.27. The number of phenolic OH excluding ortho intramolecular Hbond substituents is 1. The summed E-state index contributed by atoms with van der Waals surface area (Å²) < 4.78 is 6.86. The van der Waals surface area contributed by atoms with Crippen molar-refractivity contribution in [3.05, 3.63) is 80.1 Å². The number of aromatic amines is 1. The Morgan fingerprint density at radius 1 is 1.16 bits per heavy atom. The summed E-state index contributed by atoms with van der Waals surface area (Å²) in [5.74, 6) is -0.0203. The number of nitrogens with zero attached hydrogens (tertiary/aromatic N) is 1. The summed E-state index contributed by atoms with van der Waals surface area (Å²) in [5.41, 5.74) is 0.771. The number of aromatic hydroxyl groups is 1. The lowest BCUT2D eigenvalue weighted by Crippen LogP contribution is -2.28. The highest BCUT2D eigenvalue weighted by atomic mass is 16.5. The quantitative estimate of drug-likeness (QED) is 0.597. The number of hydrogen-bond donors (Lipinski definition) is 3. The third-order valence-electron chi connectivity index (χ3n) is 4.99. The van der Waals surface area contributed by atoms with Gasteiger partial charge in [0.05, 0.1) is 18.4 Å². The zero-order valence-electron chi connectivity index (χ0n) is 18.1. The van der Waals surface area contributed by atoms with E-state index in [0.29, 0.717) is 28.3 Å². The van der Waals surface area contributed by atoms with Crippen LogP contribution in [0.1, 0.15) is 42.3 Å². The number of rotatable bonds is 4. The second-order valence-corrected chi connectivity index (χ2v) is 8.21. The minimum Gasteiger partial charge on any atom is -0.508 e. The molecular weight excluding hydrogens is 398 g/mol. The summed E-state index contributed by atoms with van der Waals surface area (Å²) in [4.78, 5) is 39.3. The number of aromatic nitrogens is 2. The molecule has 8 nitrogen and oxygen atoms in total. The number of phenols is 1. The number of amides is 1. The minimum absolute atomic E-state index is 0.0636. The average Bonchev–Trinajstić information content (AvgIpc) is 2.69. The minimum atomic E-state index is -0.618. The van der Waals surface area contributed by atoms with E-state index < -0.39 is 22.6 Å². The summed E-state index contributed by atoms with van der Waals surface area (Å²) >= 11 is 0. The summed E-state index contributed by atoms with van der Waals surface area (Å²) in [7, 11) is 1.48. The maximum atomic E-state index is 13.2. The van der Waals surface area contributed by atoms with E-state index in [1.807, 2.05) is 20.8 Å². The summed E-state index contributed by atoms with van der Waals surface area (Å²) in [6.07, 6.45) is 1.36. The van der Waals surface area contributed by atoms with Gasteiger partial charge in [-0.3, -0.25) is 19.1 Å². The lowest BCUT2D eigenvalue weighted by molar-refractivity contribution is 0.102. The second kappa shape index (κ2) is 8.14. The van der Waals surface area contributed by atoms with E-state index in [9.17, 15) is 19.5 Å². The summed E-state index contributed by atoms with van der Waals surface area (Å²) in [6.45, 7) is 7.58. The number of hydrogen-bond acceptors (Lipinski definition) is 5. The zero-order chi connectivity index (χ0) is 22.9. The van der Waals surface area contributed by atoms with Gasteiger partial charge in [0, 0.05) is 29.1 Å². The Kier molecular flexibility index (Phi) is 5.75. The maximum Gasteiger partial charge on any atom is 0.332 e. The Hall–Kier alpha value is -3.81. The van der Waals surface area contributed by atoms with Gasteiger partial charge in [-0.15, -0.1) is 0 Å². The first-order valence-corrected chi connectivity index (χ1v) is 9.67. The van der Waals surface area contributed by atoms with E-state index in [0.717, 1.165) is 0 Å². The van der Waals surface area contributed by atoms with E-state index in [1.165, 1.54) is 36.1 Å². The van der Waals surface area contributed by atoms with Crippen LogP contribution in [0.25, 0.3) is 5.69 Å². The monoisotopic (exact) mass is 423 g/mol. The molecule has 0 atom stereocenters. The van der Waals surface area contributed by atoms with Gasteiger partial charge in [-0.1, -0.05) is 26.8 Å². The highest BCUT2D eigenvalue weighted by Gasteiger charge is 2.26. The molecule has 3 rings (SSSR count). The predicted molar refractivity (Wildman–Crippen MR) is 119 cm³/mol. The smallest absolute Gasteiger partial charge is 0.332 e. The highest BCUT2D eigenvalue weighted by Crippen LogP contribution is 2.36. The van der Waals surface area contributed by atoms with Gasteiger partial charge in [0.25, 0.3) is 11.5 Å². The van der Waals surface area contributed by atoms with Crippen LogP contribution in [0.2, 0.25) is 0 Å². The Labute approximate surface area is 179 Å². The second-order valence-electron chi connectivity index (χ2n) is 8.21. The van der Waals surface area contributed by atoms with E-state index in [2.05, 4.69) is 10.3 Å². The Morgan fingerprint density at radius 3 is 2.48 bits per heavy atom. The molecule has 3 aromatic rings. The zero-order valence-corrected chi connectivity index (χ0v) is 18.1. The molecule has 0 aliphatic carbocycles. The van der Waals surface area contributed by atoms with Crippen LogP contribution >= 0.6 is 0 Å². The first-order valence-electron chi connectivity index (χ1n) is 9.67. The maximum absolute atomic E-state index is 13.2. The molecule has 3 N–H and O–H groups in total. The third-order valence-corrected chi connectivity index (χ3v) is 4.99. The molecule has 0 bridgehead atoms. The molecule has 0 aliphatic heterocycles. The molecule has 162 valence electrons. The van der Waals surface area contributed by atoms with Crippen LogP contribution in [0.3, 0.4) is 0 Å². The number of carbonyl (C=O) groups excluding carboxylic acids is 1. The van der Waals surface area contributed by atoms with Gasteiger partial charge in [-0.05, 0) is 36.6 Å². The molecule has 1 heterocycles. The van der Waals surface area contributed by atoms with Crippen molar-refractivity contribution in [2.24, 2.45) is 0 Å². The lowest BCUT2D eigenvalue weighted by Gasteiger charge is -2.25. The Morgan fingerprint density at radius 2 is 1.87 bits per heavy atom. The van der Waals surface area contributed by atoms with Gasteiger partial charge in [0.15, 0.2) is 0 Å². The Bertz CT molecular complexity index is 1270. The molecular formula is C23H25N3O5. The number of carbonyl (C=O) groups is 1. The topological polar surface area (TPSA) is 113 Å². The van der Waals surface area contributed by atoms with Crippen LogP contribution in [0, 0.1) is 6.92 Å². The van der Waals surface area contributed by atoms with E-state index in [-0.39, 0.29) is 11.3 Å². The SMILES string of the molecule is COc1c(C(=O)Nc2cccc(O)c2C)cc(-n2ccc(=O)[nH]c2=O)cc1C(C)(C)C. The molecule has 8 heteroatoms. The fraction of sp³-hybridized carbons (Fsp3) is 0.261. The number of ether oxygens (including phenoxy) is 1. The van der Waals surface area contributed by atoms with Crippen LogP contribution in [0.15, 0.2) is 52.2 Å². The van der Waals surface area contributed by atoms with E-state index in [1.54, 1.807) is 25.1 Å². The number of anilines is 1. The number of benzene rings is 2. The first-order chi connectivity index (χ1) is 14.5. The molecule has 1 aromatic heterocycles. The van der Waals surface area contributed by atoms with Crippen LogP contribution in [-0.4, -0.2) is 27.7 Å². The molecule has 0 radical (unpaired) electrons. The van der Waals surface area contributed by atoms with Gasteiger partial charge < -0.3 is 15.2 Å². The van der Waals surface area contributed by atoms with E-state index >= 15 is 0 Å². The van der Waals surface area contributed by atoms with Crippen molar-refractivity contribution in [1.29, 1.82) is 0 Å². The standard InChI is InChI=1S/C23H25N3O5/c1-13-17(7-6-8-18(13)27)24-21(29)15-11-14(26-10-9-19(28)25-22(26)30)12-16(20(15)31-5)23(2,3)4/h6-12,27H,1-5H3,(H,24,29)(H,25,28,30). The van der Waals surface area contributed by atoms with E-state index in [4.69, 9.17) is 4.74 Å². The molecule has 0 unspecified atom stereocenters. The molecule has 0 fully saturated rings. The van der Waals surface area contributed by atoms with Crippen molar-refractivity contribution in [2.45, 2.75) is 33.1 Å². The van der Waals surface area contributed by atoms with Gasteiger partial charge in [0.1, 0.15) is 11.5 Å². The van der Waals surface area contributed by atoms with Crippen LogP contribution in [0.5, 0.6) is 11.5 Å². The Balaban J connectivity index is 2.22. The van der Waals surface area contributed by atoms with Crippen LogP contribution in [0.4, 0.5) is 5.69 Å². The van der Waals surface area contributed by atoms with Crippen molar-refractivity contribution >= 4 is 11.6 Å². The van der Waals surface area contributed by atoms with Crippen molar-refractivity contribution in [2.75, 3.05) is 12.4 Å². The highest BCUT2D eigenvalue weighted by molar-refractivity contribution is 6.07. The molecule has 0 spiro atoms. The number of methoxy groups -OCH3 is 1. The lowest BCUT2D eigenvalue weighted by atomic mass is 9.84. The number of H-pyrrole nitrogens is 1. The average molecular weight is 423 g/mol. The van der Waals surface area contributed by atoms with Gasteiger partial charge in [-0.2, -0.15) is 0 Å². The van der Waals surface area contributed by atoms with Crippen LogP contribution < -0.4 is 21.3 Å². The normalized spacial score (nSPS) is 11.3. The molecule has 0 aliphatic rings. The van der Waals surface area contributed by atoms with Crippen molar-refractivity contribution < 1.29 is 14.6 Å². The summed E-state index contributed by atoms with van der Waals surface area (Å²) in [5, 5.41) is 12.7. The van der Waals surface area contributed by atoms with Gasteiger partial charge in [0.2, 0.25) is 0 Å². The summed E-state index contributed by atoms with van der Waals surface area (Å²) in [6, 6.07) is 9.37. The predicted octanol–water partition coefficient (Wildman–Crippen LogP) is 3.10. The fourth-order valence-corrected chi connectivity index (χ4v) is 3.27. The molecule has 1 amide bonds. The molecule has 2 aromatic carbocycles. The molecule has 0 saturated carbocycles. The first kappa shape index (κ1) is 21.9. The molecule has 31 heavy (non-hydrogen) atoms. The van der Waals surface area contributed by atoms with Crippen LogP contribution in [-0.2, 0) is 5.41 Å². The van der Waals surface area contributed by atoms with Crippen molar-refractivity contribution in [3.8, 4) is 17.2 Å². The molecule has 0 saturated heterocycles.